The number of hydrogen-bond donors (Lipinski definition) is 0. The lowest BCUT2D eigenvalue weighted by molar-refractivity contribution is -0.121. The number of ketones is 1. The van der Waals surface area contributed by atoms with Gasteiger partial charge in [-0.3, -0.25) is 4.79 Å². The fourth-order valence-electron chi connectivity index (χ4n) is 2.16. The Morgan fingerprint density at radius 3 is 2.67 bits per heavy atom. The normalized spacial score (nSPS) is 16.9. The van der Waals surface area contributed by atoms with Crippen molar-refractivity contribution in [2.24, 2.45) is 0 Å². The minimum Gasteiger partial charge on any atom is -0.497 e. The third-order valence-electron chi connectivity index (χ3n) is 3.37. The summed E-state index contributed by atoms with van der Waals surface area (Å²) in [5.41, 5.74) is 1.13. The van der Waals surface area contributed by atoms with E-state index in [1.165, 1.54) is 0 Å². The van der Waals surface area contributed by atoms with E-state index in [1.807, 2.05) is 18.2 Å². The smallest absolute Gasteiger partial charge is 0.135 e. The molecule has 1 fully saturated rings. The van der Waals surface area contributed by atoms with Crippen LogP contribution in [0, 0.1) is 0 Å². The molecule has 98 valence electrons. The number of ether oxygens (including phenoxy) is 1. The lowest BCUT2D eigenvalue weighted by Crippen LogP contribution is -2.35. The van der Waals surface area contributed by atoms with Crippen molar-refractivity contribution in [1.82, 2.24) is 4.90 Å². The summed E-state index contributed by atoms with van der Waals surface area (Å²) in [7, 11) is 1.63. The highest BCUT2D eigenvalue weighted by atomic mass is 35.5. The molecule has 0 atom stereocenters. The van der Waals surface area contributed by atoms with Crippen LogP contribution in [0.2, 0.25) is 5.02 Å². The number of nitrogens with zero attached hydrogens (tertiary/aromatic N) is 1. The van der Waals surface area contributed by atoms with Gasteiger partial charge in [0.25, 0.3) is 0 Å². The largest absolute Gasteiger partial charge is 0.497 e. The van der Waals surface area contributed by atoms with Crippen molar-refractivity contribution in [2.75, 3.05) is 26.7 Å². The van der Waals surface area contributed by atoms with Crippen LogP contribution in [0.3, 0.4) is 0 Å². The summed E-state index contributed by atoms with van der Waals surface area (Å²) < 4.78 is 5.12. The van der Waals surface area contributed by atoms with Gasteiger partial charge in [-0.05, 0) is 24.1 Å². The molecule has 1 aliphatic rings. The van der Waals surface area contributed by atoms with E-state index >= 15 is 0 Å². The van der Waals surface area contributed by atoms with E-state index in [0.29, 0.717) is 18.6 Å². The molecule has 0 radical (unpaired) electrons. The topological polar surface area (TPSA) is 29.5 Å². The van der Waals surface area contributed by atoms with Crippen molar-refractivity contribution in [1.29, 1.82) is 0 Å². The summed E-state index contributed by atoms with van der Waals surface area (Å²) in [6.07, 6.45) is 2.30. The van der Waals surface area contributed by atoms with Crippen LogP contribution in [-0.4, -0.2) is 37.4 Å². The maximum absolute atomic E-state index is 11.1. The third kappa shape index (κ3) is 3.47. The van der Waals surface area contributed by atoms with E-state index in [9.17, 15) is 4.79 Å². The number of rotatable bonds is 4. The molecular weight excluding hydrogens is 250 g/mol. The van der Waals surface area contributed by atoms with Gasteiger partial charge in [0.2, 0.25) is 0 Å². The number of carbonyl (C=O) groups is 1. The van der Waals surface area contributed by atoms with Gasteiger partial charge in [-0.2, -0.15) is 0 Å². The maximum Gasteiger partial charge on any atom is 0.135 e. The number of halogens is 1. The molecular formula is C14H18ClNO2. The molecule has 0 spiro atoms. The van der Waals surface area contributed by atoms with Gasteiger partial charge in [-0.25, -0.2) is 0 Å². The lowest BCUT2D eigenvalue weighted by Gasteiger charge is -2.25. The van der Waals surface area contributed by atoms with Gasteiger partial charge < -0.3 is 9.64 Å². The SMILES string of the molecule is COc1ccc(CCN2CCC(=O)CC2)c(Cl)c1. The second kappa shape index (κ2) is 6.21. The van der Waals surface area contributed by atoms with Crippen molar-refractivity contribution in [2.45, 2.75) is 19.3 Å². The Hall–Kier alpha value is -1.06. The number of piperidine rings is 1. The second-order valence-corrected chi connectivity index (χ2v) is 4.99. The van der Waals surface area contributed by atoms with E-state index in [2.05, 4.69) is 4.90 Å². The maximum atomic E-state index is 11.1. The molecule has 0 N–H and O–H groups in total. The summed E-state index contributed by atoms with van der Waals surface area (Å²) in [6.45, 7) is 2.72. The Balaban J connectivity index is 1.88. The zero-order valence-corrected chi connectivity index (χ0v) is 11.4. The monoisotopic (exact) mass is 267 g/mol. The van der Waals surface area contributed by atoms with Crippen LogP contribution >= 0.6 is 11.6 Å². The molecule has 1 aliphatic heterocycles. The van der Waals surface area contributed by atoms with E-state index < -0.39 is 0 Å². The molecule has 0 saturated carbocycles. The number of hydrogen-bond acceptors (Lipinski definition) is 3. The zero-order valence-electron chi connectivity index (χ0n) is 10.6. The van der Waals surface area contributed by atoms with Gasteiger partial charge in [-0.15, -0.1) is 0 Å². The number of benzene rings is 1. The van der Waals surface area contributed by atoms with Crippen LogP contribution in [0.4, 0.5) is 0 Å². The van der Waals surface area contributed by atoms with Gasteiger partial charge in [-0.1, -0.05) is 17.7 Å². The third-order valence-corrected chi connectivity index (χ3v) is 3.72. The van der Waals surface area contributed by atoms with Crippen LogP contribution in [0.25, 0.3) is 0 Å². The van der Waals surface area contributed by atoms with Gasteiger partial charge >= 0.3 is 0 Å². The van der Waals surface area contributed by atoms with Crippen LogP contribution < -0.4 is 4.74 Å². The number of methoxy groups -OCH3 is 1. The summed E-state index contributed by atoms with van der Waals surface area (Å²) in [5.74, 6) is 1.17. The summed E-state index contributed by atoms with van der Waals surface area (Å²) in [6, 6.07) is 5.79. The first-order valence-corrected chi connectivity index (χ1v) is 6.63. The molecule has 2 rings (SSSR count). The predicted octanol–water partition coefficient (Wildman–Crippen LogP) is 2.56. The summed E-state index contributed by atoms with van der Waals surface area (Å²) in [4.78, 5) is 13.5. The van der Waals surface area contributed by atoms with Gasteiger partial charge in [0.05, 0.1) is 7.11 Å². The van der Waals surface area contributed by atoms with Crippen LogP contribution in [0.5, 0.6) is 5.75 Å². The molecule has 0 bridgehead atoms. The van der Waals surface area contributed by atoms with Crippen LogP contribution in [0.1, 0.15) is 18.4 Å². The molecule has 1 heterocycles. The minimum atomic E-state index is 0.383. The Kier molecular flexibility index (Phi) is 4.61. The van der Waals surface area contributed by atoms with Crippen molar-refractivity contribution >= 4 is 17.4 Å². The first kappa shape index (κ1) is 13.4. The van der Waals surface area contributed by atoms with Crippen LogP contribution in [0.15, 0.2) is 18.2 Å². The van der Waals surface area contributed by atoms with Gasteiger partial charge in [0.15, 0.2) is 0 Å². The average molecular weight is 268 g/mol. The molecule has 0 aromatic heterocycles. The molecule has 1 aromatic carbocycles. The Morgan fingerprint density at radius 2 is 2.06 bits per heavy atom. The first-order valence-electron chi connectivity index (χ1n) is 6.25. The Labute approximate surface area is 113 Å². The molecule has 0 amide bonds. The molecule has 18 heavy (non-hydrogen) atoms. The molecule has 4 heteroatoms. The number of Topliss-reactive ketones (excluding diaryl/α,β-unsaturated/α-hetero) is 1. The molecule has 1 aromatic rings. The highest BCUT2D eigenvalue weighted by Gasteiger charge is 2.15. The standard InChI is InChI=1S/C14H18ClNO2/c1-18-13-3-2-11(14(15)10-13)4-7-16-8-5-12(17)6-9-16/h2-3,10H,4-9H2,1H3. The van der Waals surface area contributed by atoms with Crippen LogP contribution in [-0.2, 0) is 11.2 Å². The van der Waals surface area contributed by atoms with Crippen molar-refractivity contribution in [3.05, 3.63) is 28.8 Å². The highest BCUT2D eigenvalue weighted by Crippen LogP contribution is 2.23. The van der Waals surface area contributed by atoms with Gasteiger partial charge in [0, 0.05) is 37.5 Å². The molecule has 0 unspecified atom stereocenters. The fraction of sp³-hybridized carbons (Fsp3) is 0.500. The van der Waals surface area contributed by atoms with Crippen molar-refractivity contribution in [3.8, 4) is 5.75 Å². The second-order valence-electron chi connectivity index (χ2n) is 4.59. The molecule has 1 saturated heterocycles. The van der Waals surface area contributed by atoms with E-state index in [4.69, 9.17) is 16.3 Å². The first-order chi connectivity index (χ1) is 8.69. The minimum absolute atomic E-state index is 0.383. The summed E-state index contributed by atoms with van der Waals surface area (Å²) >= 11 is 6.20. The molecule has 0 aliphatic carbocycles. The highest BCUT2D eigenvalue weighted by molar-refractivity contribution is 6.31. The van der Waals surface area contributed by atoms with Crippen molar-refractivity contribution < 1.29 is 9.53 Å². The lowest BCUT2D eigenvalue weighted by atomic mass is 10.1. The van der Waals surface area contributed by atoms with Gasteiger partial charge in [0.1, 0.15) is 11.5 Å². The average Bonchev–Trinajstić information content (AvgIpc) is 2.39. The van der Waals surface area contributed by atoms with E-state index in [-0.39, 0.29) is 0 Å². The van der Waals surface area contributed by atoms with Crippen molar-refractivity contribution in [3.63, 3.8) is 0 Å². The summed E-state index contributed by atoms with van der Waals surface area (Å²) in [5, 5.41) is 0.752. The predicted molar refractivity (Wildman–Crippen MR) is 72.4 cm³/mol. The number of carbonyl (C=O) groups excluding carboxylic acids is 1. The van der Waals surface area contributed by atoms with E-state index in [0.717, 1.165) is 42.4 Å². The fourth-order valence-corrected chi connectivity index (χ4v) is 2.43. The Bertz CT molecular complexity index is 424. The number of likely N-dealkylation sites (tertiary alicyclic amines) is 1. The Morgan fingerprint density at radius 1 is 1.33 bits per heavy atom. The zero-order chi connectivity index (χ0) is 13.0. The van der Waals surface area contributed by atoms with E-state index in [1.54, 1.807) is 7.11 Å². The molecule has 3 nitrogen and oxygen atoms in total. The quantitative estimate of drug-likeness (QED) is 0.840.